The van der Waals surface area contributed by atoms with Crippen molar-refractivity contribution in [2.24, 2.45) is 0 Å². The van der Waals surface area contributed by atoms with E-state index in [4.69, 9.17) is 12.2 Å². The van der Waals surface area contributed by atoms with Gasteiger partial charge in [0, 0.05) is 12.5 Å². The van der Waals surface area contributed by atoms with Crippen molar-refractivity contribution in [1.29, 1.82) is 0 Å². The second kappa shape index (κ2) is 5.07. The van der Waals surface area contributed by atoms with Gasteiger partial charge in [0.1, 0.15) is 11.6 Å². The summed E-state index contributed by atoms with van der Waals surface area (Å²) in [7, 11) is 0. The quantitative estimate of drug-likeness (QED) is 0.702. The number of anilines is 2. The first-order chi connectivity index (χ1) is 6.76. The number of hydrogen-bond acceptors (Lipinski definition) is 4. The fourth-order valence-electron chi connectivity index (χ4n) is 1.06. The Morgan fingerprint density at radius 3 is 2.86 bits per heavy atom. The van der Waals surface area contributed by atoms with Gasteiger partial charge in [0.15, 0.2) is 0 Å². The third-order valence-corrected chi connectivity index (χ3v) is 1.88. The number of rotatable bonds is 4. The lowest BCUT2D eigenvalue weighted by Crippen LogP contribution is -2.18. The highest BCUT2D eigenvalue weighted by atomic mass is 15.0. The zero-order chi connectivity index (χ0) is 10.4. The molecule has 0 saturated heterocycles. The summed E-state index contributed by atoms with van der Waals surface area (Å²) in [6.07, 6.45) is 10.00. The summed E-state index contributed by atoms with van der Waals surface area (Å²) in [5, 5.41) is 3.19. The van der Waals surface area contributed by atoms with Gasteiger partial charge in [-0.05, 0) is 6.42 Å². The van der Waals surface area contributed by atoms with E-state index in [0.29, 0.717) is 18.1 Å². The number of nitrogens with one attached hydrogen (secondary N) is 1. The van der Waals surface area contributed by atoms with Crippen LogP contribution in [0.2, 0.25) is 0 Å². The van der Waals surface area contributed by atoms with Gasteiger partial charge in [0.2, 0.25) is 0 Å². The van der Waals surface area contributed by atoms with Crippen LogP contribution < -0.4 is 11.1 Å². The molecule has 0 aliphatic carbocycles. The first-order valence-electron chi connectivity index (χ1n) is 4.53. The Labute approximate surface area is 83.9 Å². The molecule has 0 radical (unpaired) electrons. The van der Waals surface area contributed by atoms with E-state index >= 15 is 0 Å². The summed E-state index contributed by atoms with van der Waals surface area (Å²) in [6.45, 7) is 2.07. The lowest BCUT2D eigenvalue weighted by Gasteiger charge is -2.14. The Kier molecular flexibility index (Phi) is 3.74. The molecule has 1 aromatic rings. The zero-order valence-electron chi connectivity index (χ0n) is 8.20. The Bertz CT molecular complexity index is 312. The van der Waals surface area contributed by atoms with Gasteiger partial charge in [-0.2, -0.15) is 0 Å². The van der Waals surface area contributed by atoms with E-state index in [0.717, 1.165) is 6.42 Å². The van der Waals surface area contributed by atoms with E-state index in [1.165, 1.54) is 6.20 Å². The monoisotopic (exact) mass is 190 g/mol. The van der Waals surface area contributed by atoms with E-state index in [9.17, 15) is 0 Å². The number of terminal acetylenes is 1. The highest BCUT2D eigenvalue weighted by molar-refractivity contribution is 5.37. The summed E-state index contributed by atoms with van der Waals surface area (Å²) >= 11 is 0. The van der Waals surface area contributed by atoms with Gasteiger partial charge >= 0.3 is 0 Å². The molecular formula is C10H14N4. The molecule has 0 aliphatic heterocycles. The molecule has 0 aromatic carbocycles. The van der Waals surface area contributed by atoms with Crippen molar-refractivity contribution in [2.75, 3.05) is 11.1 Å². The second-order valence-electron chi connectivity index (χ2n) is 2.98. The van der Waals surface area contributed by atoms with Crippen LogP contribution in [0.3, 0.4) is 0 Å². The van der Waals surface area contributed by atoms with Gasteiger partial charge in [-0.25, -0.2) is 9.97 Å². The minimum Gasteiger partial charge on any atom is -0.382 e. The van der Waals surface area contributed by atoms with Crippen molar-refractivity contribution in [2.45, 2.75) is 25.8 Å². The summed E-state index contributed by atoms with van der Waals surface area (Å²) in [6, 6.07) is 0.248. The molecule has 0 saturated carbocycles. The molecule has 1 unspecified atom stereocenters. The normalized spacial score (nSPS) is 11.7. The summed E-state index contributed by atoms with van der Waals surface area (Å²) in [5.74, 6) is 3.74. The van der Waals surface area contributed by atoms with Gasteiger partial charge in [0.05, 0.1) is 12.4 Å². The summed E-state index contributed by atoms with van der Waals surface area (Å²) in [5.41, 5.74) is 5.41. The van der Waals surface area contributed by atoms with Crippen molar-refractivity contribution in [3.63, 3.8) is 0 Å². The van der Waals surface area contributed by atoms with E-state index in [1.807, 2.05) is 0 Å². The minimum absolute atomic E-state index is 0.248. The fourth-order valence-corrected chi connectivity index (χ4v) is 1.06. The molecular weight excluding hydrogens is 176 g/mol. The van der Waals surface area contributed by atoms with Crippen molar-refractivity contribution in [3.05, 3.63) is 12.4 Å². The Morgan fingerprint density at radius 1 is 1.57 bits per heavy atom. The Morgan fingerprint density at radius 2 is 2.36 bits per heavy atom. The molecule has 0 spiro atoms. The number of nitrogens with two attached hydrogens (primary N) is 1. The van der Waals surface area contributed by atoms with E-state index < -0.39 is 0 Å². The molecule has 4 nitrogen and oxygen atoms in total. The summed E-state index contributed by atoms with van der Waals surface area (Å²) in [4.78, 5) is 8.01. The lowest BCUT2D eigenvalue weighted by molar-refractivity contribution is 0.711. The maximum atomic E-state index is 5.41. The SMILES string of the molecule is C#CCC(CC)Nc1cnc(N)cn1. The van der Waals surface area contributed by atoms with Crippen molar-refractivity contribution in [3.8, 4) is 12.3 Å². The van der Waals surface area contributed by atoms with Crippen LogP contribution in [0.4, 0.5) is 11.6 Å². The van der Waals surface area contributed by atoms with Crippen LogP contribution in [-0.2, 0) is 0 Å². The molecule has 0 fully saturated rings. The average Bonchev–Trinajstić information content (AvgIpc) is 2.20. The second-order valence-corrected chi connectivity index (χ2v) is 2.98. The Balaban J connectivity index is 2.59. The third kappa shape index (κ3) is 2.94. The first-order valence-corrected chi connectivity index (χ1v) is 4.53. The van der Waals surface area contributed by atoms with E-state index in [1.54, 1.807) is 6.20 Å². The van der Waals surface area contributed by atoms with Gasteiger partial charge < -0.3 is 11.1 Å². The molecule has 1 heterocycles. The molecule has 3 N–H and O–H groups in total. The van der Waals surface area contributed by atoms with Crippen LogP contribution in [-0.4, -0.2) is 16.0 Å². The molecule has 0 bridgehead atoms. The molecule has 4 heteroatoms. The standard InChI is InChI=1S/C10H14N4/c1-3-5-8(4-2)14-10-7-12-9(11)6-13-10/h1,6-8H,4-5H2,2H3,(H2,11,12)(H,13,14). The topological polar surface area (TPSA) is 63.8 Å². The average molecular weight is 190 g/mol. The zero-order valence-corrected chi connectivity index (χ0v) is 8.20. The Hall–Kier alpha value is -1.76. The van der Waals surface area contributed by atoms with Gasteiger partial charge in [0.25, 0.3) is 0 Å². The lowest BCUT2D eigenvalue weighted by atomic mass is 10.1. The number of aromatic nitrogens is 2. The van der Waals surface area contributed by atoms with Gasteiger partial charge in [-0.15, -0.1) is 12.3 Å². The first kappa shape index (κ1) is 10.3. The largest absolute Gasteiger partial charge is 0.382 e. The highest BCUT2D eigenvalue weighted by Gasteiger charge is 2.04. The maximum Gasteiger partial charge on any atom is 0.144 e. The maximum absolute atomic E-state index is 5.41. The molecule has 1 atom stereocenters. The van der Waals surface area contributed by atoms with Gasteiger partial charge in [-0.1, -0.05) is 6.92 Å². The molecule has 14 heavy (non-hydrogen) atoms. The number of nitrogens with zero attached hydrogens (tertiary/aromatic N) is 2. The van der Waals surface area contributed by atoms with Crippen LogP contribution in [0.1, 0.15) is 19.8 Å². The smallest absolute Gasteiger partial charge is 0.144 e. The van der Waals surface area contributed by atoms with E-state index in [-0.39, 0.29) is 6.04 Å². The molecule has 0 amide bonds. The van der Waals surface area contributed by atoms with Crippen LogP contribution in [0, 0.1) is 12.3 Å². The fraction of sp³-hybridized carbons (Fsp3) is 0.400. The van der Waals surface area contributed by atoms with E-state index in [2.05, 4.69) is 28.1 Å². The molecule has 0 aliphatic rings. The predicted octanol–water partition coefficient (Wildman–Crippen LogP) is 1.27. The number of nitrogen functional groups attached to an aromatic ring is 1. The third-order valence-electron chi connectivity index (χ3n) is 1.88. The van der Waals surface area contributed by atoms with Crippen molar-refractivity contribution < 1.29 is 0 Å². The number of hydrogen-bond donors (Lipinski definition) is 2. The minimum atomic E-state index is 0.248. The molecule has 74 valence electrons. The molecule has 1 rings (SSSR count). The van der Waals surface area contributed by atoms with Crippen molar-refractivity contribution >= 4 is 11.6 Å². The van der Waals surface area contributed by atoms with Crippen LogP contribution in [0.25, 0.3) is 0 Å². The van der Waals surface area contributed by atoms with Crippen LogP contribution in [0.15, 0.2) is 12.4 Å². The summed E-state index contributed by atoms with van der Waals surface area (Å²) < 4.78 is 0. The van der Waals surface area contributed by atoms with Crippen molar-refractivity contribution in [1.82, 2.24) is 9.97 Å². The van der Waals surface area contributed by atoms with Gasteiger partial charge in [-0.3, -0.25) is 0 Å². The molecule has 1 aromatic heterocycles. The van der Waals surface area contributed by atoms with Crippen LogP contribution >= 0.6 is 0 Å². The highest BCUT2D eigenvalue weighted by Crippen LogP contribution is 2.07. The van der Waals surface area contributed by atoms with Crippen LogP contribution in [0.5, 0.6) is 0 Å². The predicted molar refractivity (Wildman–Crippen MR) is 57.6 cm³/mol.